The van der Waals surface area contributed by atoms with Gasteiger partial charge in [0.2, 0.25) is 0 Å². The predicted octanol–water partition coefficient (Wildman–Crippen LogP) is 4.49. The molecule has 2 aliphatic heterocycles. The van der Waals surface area contributed by atoms with Crippen molar-refractivity contribution in [2.45, 2.75) is 82.7 Å². The van der Waals surface area contributed by atoms with Gasteiger partial charge in [0.1, 0.15) is 5.75 Å². The number of nitrogens with zero attached hydrogens (tertiary/aromatic N) is 4. The number of aromatic nitrogens is 2. The number of aromatic hydroxyl groups is 1. The summed E-state index contributed by atoms with van der Waals surface area (Å²) in [6.45, 7) is 10.5. The molecule has 3 atom stereocenters. The summed E-state index contributed by atoms with van der Waals surface area (Å²) in [7, 11) is 0. The maximum atomic E-state index is 13.6. The molecule has 1 aliphatic carbocycles. The Morgan fingerprint density at radius 3 is 2.41 bits per heavy atom. The molecule has 1 aromatic heterocycles. The van der Waals surface area contributed by atoms with Crippen LogP contribution in [0.5, 0.6) is 5.75 Å². The van der Waals surface area contributed by atoms with E-state index in [1.54, 1.807) is 6.92 Å². The molecule has 3 heterocycles. The molecule has 1 saturated carbocycles. The fourth-order valence-electron chi connectivity index (χ4n) is 6.91. The summed E-state index contributed by atoms with van der Waals surface area (Å²) in [4.78, 5) is 4.73. The number of rotatable bonds is 6. The zero-order valence-corrected chi connectivity index (χ0v) is 22.1. The second kappa shape index (κ2) is 9.58. The van der Waals surface area contributed by atoms with Crippen LogP contribution >= 0.6 is 0 Å². The van der Waals surface area contributed by atoms with Crippen molar-refractivity contribution in [3.8, 4) is 5.75 Å². The van der Waals surface area contributed by atoms with E-state index in [2.05, 4.69) is 21.8 Å². The van der Waals surface area contributed by atoms with Crippen LogP contribution in [-0.2, 0) is 18.1 Å². The molecule has 9 heteroatoms. The number of halogens is 3. The lowest BCUT2D eigenvalue weighted by molar-refractivity contribution is -0.139. The van der Waals surface area contributed by atoms with Gasteiger partial charge in [-0.05, 0) is 101 Å². The Morgan fingerprint density at radius 1 is 1.05 bits per heavy atom. The lowest BCUT2D eigenvalue weighted by Crippen LogP contribution is -2.68. The van der Waals surface area contributed by atoms with Crippen LogP contribution in [0.1, 0.15) is 61.3 Å². The molecule has 2 N–H and O–H groups in total. The van der Waals surface area contributed by atoms with Gasteiger partial charge in [0.15, 0.2) is 0 Å². The van der Waals surface area contributed by atoms with E-state index in [1.165, 1.54) is 18.9 Å². The maximum Gasteiger partial charge on any atom is 0.419 e. The van der Waals surface area contributed by atoms with E-state index in [1.807, 2.05) is 24.0 Å². The second-order valence-corrected chi connectivity index (χ2v) is 11.7. The second-order valence-electron chi connectivity index (χ2n) is 11.7. The highest BCUT2D eigenvalue weighted by molar-refractivity contribution is 5.48. The summed E-state index contributed by atoms with van der Waals surface area (Å²) < 4.78 is 42.6. The Morgan fingerprint density at radius 2 is 1.76 bits per heavy atom. The number of alkyl halides is 3. The highest BCUT2D eigenvalue weighted by Gasteiger charge is 2.59. The van der Waals surface area contributed by atoms with Crippen LogP contribution in [0, 0.1) is 19.8 Å². The van der Waals surface area contributed by atoms with Gasteiger partial charge in [-0.3, -0.25) is 9.58 Å². The monoisotopic (exact) mass is 520 g/mol. The van der Waals surface area contributed by atoms with Crippen LogP contribution in [-0.4, -0.2) is 74.2 Å². The van der Waals surface area contributed by atoms with E-state index in [0.29, 0.717) is 42.9 Å². The van der Waals surface area contributed by atoms with Crippen LogP contribution in [0.3, 0.4) is 0 Å². The van der Waals surface area contributed by atoms with E-state index in [0.717, 1.165) is 44.4 Å². The van der Waals surface area contributed by atoms with Crippen molar-refractivity contribution >= 4 is 0 Å². The first-order valence-corrected chi connectivity index (χ1v) is 13.5. The summed E-state index contributed by atoms with van der Waals surface area (Å²) in [6.07, 6.45) is 3.46. The molecule has 3 fully saturated rings. The molecule has 6 nitrogen and oxygen atoms in total. The molecule has 5 rings (SSSR count). The van der Waals surface area contributed by atoms with Gasteiger partial charge < -0.3 is 15.1 Å². The molecule has 37 heavy (non-hydrogen) atoms. The summed E-state index contributed by atoms with van der Waals surface area (Å²) in [6, 6.07) is 2.22. The number of phenolic OH excluding ortho intramolecular Hbond substituents is 1. The largest absolute Gasteiger partial charge is 0.507 e. The van der Waals surface area contributed by atoms with Gasteiger partial charge in [0, 0.05) is 37.3 Å². The van der Waals surface area contributed by atoms with Crippen LogP contribution in [0.4, 0.5) is 13.2 Å². The number of aryl methyl sites for hydroxylation is 2. The third-order valence-electron chi connectivity index (χ3n) is 9.32. The lowest BCUT2D eigenvalue weighted by Gasteiger charge is -2.58. The summed E-state index contributed by atoms with van der Waals surface area (Å²) in [5, 5.41) is 27.5. The third-order valence-corrected chi connectivity index (χ3v) is 9.32. The summed E-state index contributed by atoms with van der Waals surface area (Å²) in [5.41, 5.74) is -0.645. The Balaban J connectivity index is 1.49. The van der Waals surface area contributed by atoms with E-state index >= 15 is 0 Å². The van der Waals surface area contributed by atoms with Crippen LogP contribution in [0.2, 0.25) is 0 Å². The van der Waals surface area contributed by atoms with Crippen molar-refractivity contribution in [3.63, 3.8) is 0 Å². The van der Waals surface area contributed by atoms with Gasteiger partial charge >= 0.3 is 6.18 Å². The van der Waals surface area contributed by atoms with E-state index in [-0.39, 0.29) is 6.04 Å². The average molecular weight is 521 g/mol. The molecular weight excluding hydrogens is 481 g/mol. The number of fused-ring (bicyclic) bond motifs is 1. The number of piperidine rings is 1. The van der Waals surface area contributed by atoms with E-state index in [4.69, 9.17) is 0 Å². The number of hydrogen-bond donors (Lipinski definition) is 2. The molecule has 0 radical (unpaired) electrons. The lowest BCUT2D eigenvalue weighted by atomic mass is 9.57. The van der Waals surface area contributed by atoms with Gasteiger partial charge in [-0.15, -0.1) is 0 Å². The summed E-state index contributed by atoms with van der Waals surface area (Å²) >= 11 is 0. The smallest absolute Gasteiger partial charge is 0.419 e. The molecular formula is C28H39F3N4O2. The Kier molecular flexibility index (Phi) is 6.86. The minimum Gasteiger partial charge on any atom is -0.507 e. The van der Waals surface area contributed by atoms with Gasteiger partial charge in [-0.1, -0.05) is 0 Å². The highest BCUT2D eigenvalue weighted by Crippen LogP contribution is 2.54. The summed E-state index contributed by atoms with van der Waals surface area (Å²) in [5.74, 6) is -0.0803. The first-order valence-electron chi connectivity index (χ1n) is 13.5. The molecule has 2 saturated heterocycles. The van der Waals surface area contributed by atoms with E-state index in [9.17, 15) is 23.4 Å². The number of likely N-dealkylation sites (tertiary alicyclic amines) is 2. The first kappa shape index (κ1) is 26.5. The molecule has 3 aliphatic rings. The SMILES string of the molecule is Cc1cnn(CCN2CCC3(c4cc(O)c(C(F)(F)F)cc4C)CCN(CC4CC4)C(C)C3(O)CC2)c1. The first-order chi connectivity index (χ1) is 17.4. The predicted molar refractivity (Wildman–Crippen MR) is 135 cm³/mol. The van der Waals surface area contributed by atoms with Gasteiger partial charge in [0.25, 0.3) is 0 Å². The van der Waals surface area contributed by atoms with Crippen molar-refractivity contribution in [1.29, 1.82) is 0 Å². The normalized spacial score (nSPS) is 29.8. The minimum atomic E-state index is -4.63. The number of phenols is 1. The number of hydrogen-bond acceptors (Lipinski definition) is 5. The number of aliphatic hydroxyl groups is 1. The van der Waals surface area contributed by atoms with Crippen LogP contribution in [0.15, 0.2) is 24.5 Å². The molecule has 204 valence electrons. The maximum absolute atomic E-state index is 13.6. The zero-order chi connectivity index (χ0) is 26.6. The topological polar surface area (TPSA) is 64.8 Å². The standard InChI is InChI=1S/C28H39F3N4O2/c1-19-16-32-35(17-19)13-12-33-9-6-26(23-15-25(36)24(14-20(23)2)28(29,30)31)7-11-34(18-22-4-5-22)21(3)27(26,37)8-10-33/h14-17,21-22,36-37H,4-13,18H2,1-3H3. The van der Waals surface area contributed by atoms with Crippen molar-refractivity contribution < 1.29 is 23.4 Å². The Bertz CT molecular complexity index is 1130. The Labute approximate surface area is 217 Å². The van der Waals surface area contributed by atoms with Crippen molar-refractivity contribution in [2.24, 2.45) is 5.92 Å². The fraction of sp³-hybridized carbons (Fsp3) is 0.679. The molecule has 1 aromatic carbocycles. The molecule has 0 spiro atoms. The number of benzene rings is 1. The molecule has 2 aromatic rings. The van der Waals surface area contributed by atoms with E-state index < -0.39 is 28.5 Å². The molecule has 3 unspecified atom stereocenters. The van der Waals surface area contributed by atoms with Gasteiger partial charge in [-0.2, -0.15) is 18.3 Å². The third kappa shape index (κ3) is 4.90. The van der Waals surface area contributed by atoms with Crippen molar-refractivity contribution in [1.82, 2.24) is 19.6 Å². The molecule has 0 amide bonds. The van der Waals surface area contributed by atoms with Gasteiger partial charge in [-0.25, -0.2) is 0 Å². The average Bonchev–Trinajstić information content (AvgIpc) is 3.58. The zero-order valence-electron chi connectivity index (χ0n) is 22.1. The minimum absolute atomic E-state index is 0.139. The van der Waals surface area contributed by atoms with Crippen LogP contribution < -0.4 is 0 Å². The van der Waals surface area contributed by atoms with Crippen molar-refractivity contribution in [2.75, 3.05) is 32.7 Å². The van der Waals surface area contributed by atoms with Crippen molar-refractivity contribution in [3.05, 3.63) is 46.8 Å². The fourth-order valence-corrected chi connectivity index (χ4v) is 6.91. The Hall–Kier alpha value is -2.10. The van der Waals surface area contributed by atoms with Gasteiger partial charge in [0.05, 0.1) is 23.9 Å². The van der Waals surface area contributed by atoms with Crippen LogP contribution in [0.25, 0.3) is 0 Å². The quantitative estimate of drug-likeness (QED) is 0.588. The molecule has 0 bridgehead atoms. The highest BCUT2D eigenvalue weighted by atomic mass is 19.4.